The molecule has 1 nitrogen and oxygen atoms in total. The second-order valence-electron chi connectivity index (χ2n) is 7.39. The summed E-state index contributed by atoms with van der Waals surface area (Å²) in [5.74, 6) is 1.82. The molecule has 110 valence electrons. The van der Waals surface area contributed by atoms with Gasteiger partial charge in [-0.3, -0.25) is 4.79 Å². The van der Waals surface area contributed by atoms with Crippen molar-refractivity contribution in [3.63, 3.8) is 0 Å². The molecule has 0 amide bonds. The van der Waals surface area contributed by atoms with Gasteiger partial charge in [0.2, 0.25) is 0 Å². The average molecular weight is 280 g/mol. The molecule has 0 heterocycles. The van der Waals surface area contributed by atoms with Gasteiger partial charge in [0.1, 0.15) is 0 Å². The summed E-state index contributed by atoms with van der Waals surface area (Å²) < 4.78 is 0. The van der Waals surface area contributed by atoms with Crippen LogP contribution >= 0.6 is 0 Å². The number of carbonyl (C=O) groups excluding carboxylic acids is 1. The van der Waals surface area contributed by atoms with E-state index < -0.39 is 0 Å². The lowest BCUT2D eigenvalue weighted by Crippen LogP contribution is -2.36. The van der Waals surface area contributed by atoms with E-state index in [0.717, 1.165) is 30.7 Å². The normalized spacial score (nSPS) is 32.9. The molecule has 4 rings (SSSR count). The molecular formula is C20H24O. The van der Waals surface area contributed by atoms with Gasteiger partial charge in [0.05, 0.1) is 0 Å². The Hall–Kier alpha value is -1.37. The van der Waals surface area contributed by atoms with Gasteiger partial charge in [-0.1, -0.05) is 43.7 Å². The number of hydrogen-bond donors (Lipinski definition) is 0. The van der Waals surface area contributed by atoms with Crippen LogP contribution in [0.1, 0.15) is 60.5 Å². The molecule has 1 spiro atoms. The molecule has 0 radical (unpaired) electrons. The van der Waals surface area contributed by atoms with Crippen molar-refractivity contribution >= 4 is 5.78 Å². The smallest absolute Gasteiger partial charge is 0.164 e. The van der Waals surface area contributed by atoms with E-state index in [4.69, 9.17) is 0 Å². The van der Waals surface area contributed by atoms with Crippen molar-refractivity contribution in [1.29, 1.82) is 0 Å². The number of allylic oxidation sites excluding steroid dienone is 2. The van der Waals surface area contributed by atoms with Crippen molar-refractivity contribution in [2.24, 2.45) is 17.3 Å². The number of unbranched alkanes of at least 4 members (excludes halogenated alkanes) is 1. The molecule has 3 aliphatic carbocycles. The average Bonchev–Trinajstić information content (AvgIpc) is 3.05. The van der Waals surface area contributed by atoms with Gasteiger partial charge in [-0.25, -0.2) is 0 Å². The Bertz CT molecular complexity index is 612. The van der Waals surface area contributed by atoms with Crippen LogP contribution in [0.2, 0.25) is 0 Å². The molecule has 3 atom stereocenters. The maximum atomic E-state index is 12.9. The maximum absolute atomic E-state index is 12.9. The van der Waals surface area contributed by atoms with Gasteiger partial charge >= 0.3 is 0 Å². The Morgan fingerprint density at radius 3 is 2.86 bits per heavy atom. The van der Waals surface area contributed by atoms with E-state index in [1.165, 1.54) is 36.8 Å². The molecule has 1 fully saturated rings. The van der Waals surface area contributed by atoms with E-state index in [1.54, 1.807) is 0 Å². The lowest BCUT2D eigenvalue weighted by atomic mass is 9.63. The van der Waals surface area contributed by atoms with Gasteiger partial charge in [0, 0.05) is 12.0 Å². The lowest BCUT2D eigenvalue weighted by Gasteiger charge is -2.39. The molecular weight excluding hydrogens is 256 g/mol. The van der Waals surface area contributed by atoms with Crippen molar-refractivity contribution < 1.29 is 4.79 Å². The third-order valence-electron chi connectivity index (χ3n) is 6.00. The van der Waals surface area contributed by atoms with E-state index in [-0.39, 0.29) is 5.41 Å². The van der Waals surface area contributed by atoms with Crippen molar-refractivity contribution in [1.82, 2.24) is 0 Å². The Labute approximate surface area is 127 Å². The van der Waals surface area contributed by atoms with Crippen molar-refractivity contribution in [3.05, 3.63) is 47.0 Å². The molecule has 1 aromatic rings. The van der Waals surface area contributed by atoms with Crippen LogP contribution < -0.4 is 0 Å². The van der Waals surface area contributed by atoms with Gasteiger partial charge in [-0.2, -0.15) is 0 Å². The van der Waals surface area contributed by atoms with Crippen molar-refractivity contribution in [3.8, 4) is 0 Å². The summed E-state index contributed by atoms with van der Waals surface area (Å²) in [6.07, 6.45) is 12.6. The highest BCUT2D eigenvalue weighted by molar-refractivity contribution is 6.00. The summed E-state index contributed by atoms with van der Waals surface area (Å²) in [6.45, 7) is 2.22. The number of fused-ring (bicyclic) bond motifs is 4. The summed E-state index contributed by atoms with van der Waals surface area (Å²) in [5.41, 5.74) is 3.98. The van der Waals surface area contributed by atoms with Gasteiger partial charge in [-0.15, -0.1) is 0 Å². The van der Waals surface area contributed by atoms with Crippen molar-refractivity contribution in [2.45, 2.75) is 51.9 Å². The fourth-order valence-electron chi connectivity index (χ4n) is 5.04. The molecule has 0 aromatic heterocycles. The van der Waals surface area contributed by atoms with Crippen LogP contribution in [0.15, 0.2) is 30.4 Å². The molecule has 0 aliphatic heterocycles. The third-order valence-corrected chi connectivity index (χ3v) is 6.00. The minimum atomic E-state index is 0.257. The van der Waals surface area contributed by atoms with Crippen LogP contribution in [-0.2, 0) is 12.8 Å². The van der Waals surface area contributed by atoms with E-state index in [0.29, 0.717) is 11.7 Å². The molecule has 0 N–H and O–H groups in total. The largest absolute Gasteiger partial charge is 0.294 e. The zero-order valence-corrected chi connectivity index (χ0v) is 12.9. The maximum Gasteiger partial charge on any atom is 0.164 e. The van der Waals surface area contributed by atoms with Crippen LogP contribution in [0, 0.1) is 17.3 Å². The first-order chi connectivity index (χ1) is 10.2. The van der Waals surface area contributed by atoms with E-state index in [2.05, 4.69) is 37.3 Å². The highest BCUT2D eigenvalue weighted by Gasteiger charge is 2.51. The fraction of sp³-hybridized carbons (Fsp3) is 0.550. The predicted octanol–water partition coefficient (Wildman–Crippen LogP) is 4.74. The molecule has 21 heavy (non-hydrogen) atoms. The second-order valence-corrected chi connectivity index (χ2v) is 7.39. The summed E-state index contributed by atoms with van der Waals surface area (Å²) in [5, 5.41) is 0. The first-order valence-electron chi connectivity index (χ1n) is 8.54. The van der Waals surface area contributed by atoms with Crippen LogP contribution in [0.3, 0.4) is 0 Å². The van der Waals surface area contributed by atoms with Gasteiger partial charge in [-0.05, 0) is 60.5 Å². The van der Waals surface area contributed by atoms with Gasteiger partial charge < -0.3 is 0 Å². The number of carbonyl (C=O) groups is 1. The number of ketones is 1. The highest BCUT2D eigenvalue weighted by Crippen LogP contribution is 2.57. The molecule has 0 saturated heterocycles. The Balaban J connectivity index is 1.70. The highest BCUT2D eigenvalue weighted by atomic mass is 16.1. The summed E-state index contributed by atoms with van der Waals surface area (Å²) in [6, 6.07) is 6.55. The van der Waals surface area contributed by atoms with Crippen molar-refractivity contribution in [2.75, 3.05) is 0 Å². The Kier molecular flexibility index (Phi) is 3.06. The summed E-state index contributed by atoms with van der Waals surface area (Å²) in [7, 11) is 0. The van der Waals surface area contributed by atoms with Gasteiger partial charge in [0.15, 0.2) is 5.78 Å². The van der Waals surface area contributed by atoms with Crippen LogP contribution in [0.25, 0.3) is 0 Å². The number of hydrogen-bond acceptors (Lipinski definition) is 1. The first kappa shape index (κ1) is 13.3. The topological polar surface area (TPSA) is 17.1 Å². The molecule has 2 bridgehead atoms. The number of benzene rings is 1. The molecule has 1 aromatic carbocycles. The number of rotatable bonds is 3. The molecule has 3 aliphatic rings. The Morgan fingerprint density at radius 1 is 1.24 bits per heavy atom. The minimum Gasteiger partial charge on any atom is -0.294 e. The Morgan fingerprint density at radius 2 is 2.14 bits per heavy atom. The predicted molar refractivity (Wildman–Crippen MR) is 85.5 cm³/mol. The monoisotopic (exact) mass is 280 g/mol. The van der Waals surface area contributed by atoms with E-state index >= 15 is 0 Å². The zero-order valence-electron chi connectivity index (χ0n) is 12.9. The third kappa shape index (κ3) is 2.01. The van der Waals surface area contributed by atoms with Crippen LogP contribution in [-0.4, -0.2) is 5.78 Å². The number of aryl methyl sites for hydroxylation is 1. The van der Waals surface area contributed by atoms with Crippen LogP contribution in [0.5, 0.6) is 0 Å². The first-order valence-corrected chi connectivity index (χ1v) is 8.54. The van der Waals surface area contributed by atoms with E-state index in [1.807, 2.05) is 0 Å². The quantitative estimate of drug-likeness (QED) is 0.731. The summed E-state index contributed by atoms with van der Waals surface area (Å²) >= 11 is 0. The minimum absolute atomic E-state index is 0.257. The number of Topliss-reactive ketones (excluding diaryl/α,β-unsaturated/α-hetero) is 1. The molecule has 1 heteroatoms. The lowest BCUT2D eigenvalue weighted by molar-refractivity contribution is 0.0847. The molecule has 1 saturated carbocycles. The van der Waals surface area contributed by atoms with Crippen LogP contribution in [0.4, 0.5) is 0 Å². The van der Waals surface area contributed by atoms with E-state index in [9.17, 15) is 4.79 Å². The van der Waals surface area contributed by atoms with Gasteiger partial charge in [0.25, 0.3) is 0 Å². The standard InChI is InChI=1S/C20H24O/c1-2-3-5-15-6-4-7-16-12-20(13-18(21)19(15)16)11-14-8-9-17(20)10-14/h4,6-9,14,17H,2-3,5,10-13H2,1H3. The fourth-order valence-corrected chi connectivity index (χ4v) is 5.04. The second kappa shape index (κ2) is 4.83. The zero-order chi connectivity index (χ0) is 14.4. The molecule has 3 unspecified atom stereocenters. The SMILES string of the molecule is CCCCc1cccc2c1C(=O)CC1(C2)CC2C=CC1C2. The summed E-state index contributed by atoms with van der Waals surface area (Å²) in [4.78, 5) is 12.9.